The van der Waals surface area contributed by atoms with E-state index in [9.17, 15) is 5.26 Å². The SMILES string of the molecule is CC1(C)c2ccccc2C2(c3ccccc3-c3ccccc32)c2ccc(-c3nc(-c4ccccc4)cc(-c4cccc(-c5cccc(C#N)c5)c4)n3)cc21. The van der Waals surface area contributed by atoms with Crippen molar-refractivity contribution in [2.45, 2.75) is 24.7 Å². The molecule has 3 heteroatoms. The second-order valence-corrected chi connectivity index (χ2v) is 14.9. The molecule has 2 aliphatic rings. The van der Waals surface area contributed by atoms with Crippen LogP contribution in [0.5, 0.6) is 0 Å². The van der Waals surface area contributed by atoms with Gasteiger partial charge in [0.1, 0.15) is 0 Å². The predicted molar refractivity (Wildman–Crippen MR) is 218 cm³/mol. The Morgan fingerprint density at radius 1 is 0.407 bits per heavy atom. The molecule has 2 aliphatic carbocycles. The molecule has 0 radical (unpaired) electrons. The lowest BCUT2D eigenvalue weighted by atomic mass is 9.55. The number of fused-ring (bicyclic) bond motifs is 9. The Labute approximate surface area is 315 Å². The Morgan fingerprint density at radius 3 is 1.65 bits per heavy atom. The zero-order chi connectivity index (χ0) is 36.4. The van der Waals surface area contributed by atoms with E-state index in [0.29, 0.717) is 11.4 Å². The molecule has 0 aliphatic heterocycles. The third-order valence-electron chi connectivity index (χ3n) is 11.6. The summed E-state index contributed by atoms with van der Waals surface area (Å²) in [6.07, 6.45) is 0. The average Bonchev–Trinajstić information content (AvgIpc) is 3.54. The number of nitriles is 1. The molecule has 3 nitrogen and oxygen atoms in total. The Hall–Kier alpha value is -6.89. The molecule has 1 heterocycles. The Morgan fingerprint density at radius 2 is 0.944 bits per heavy atom. The fourth-order valence-electron chi connectivity index (χ4n) is 9.10. The molecule has 254 valence electrons. The summed E-state index contributed by atoms with van der Waals surface area (Å²) in [4.78, 5) is 10.6. The Bertz CT molecular complexity index is 2780. The molecule has 8 aromatic rings. The van der Waals surface area contributed by atoms with Crippen molar-refractivity contribution < 1.29 is 0 Å². The fraction of sp³-hybridized carbons (Fsp3) is 0.0784. The number of nitrogens with zero attached hydrogens (tertiary/aromatic N) is 3. The lowest BCUT2D eigenvalue weighted by molar-refractivity contribution is 0.563. The minimum Gasteiger partial charge on any atom is -0.228 e. The average molecular weight is 690 g/mol. The van der Waals surface area contributed by atoms with Crippen LogP contribution in [0.4, 0.5) is 0 Å². The quantitative estimate of drug-likeness (QED) is 0.185. The fourth-order valence-corrected chi connectivity index (χ4v) is 9.10. The van der Waals surface area contributed by atoms with Crippen molar-refractivity contribution in [1.29, 1.82) is 5.26 Å². The molecular weight excluding hydrogens is 655 g/mol. The molecule has 0 saturated carbocycles. The first-order valence-corrected chi connectivity index (χ1v) is 18.5. The Kier molecular flexibility index (Phi) is 7.12. The van der Waals surface area contributed by atoms with Crippen molar-refractivity contribution in [3.63, 3.8) is 0 Å². The lowest BCUT2D eigenvalue weighted by Crippen LogP contribution is -2.40. The van der Waals surface area contributed by atoms with Crippen molar-refractivity contribution in [3.05, 3.63) is 215 Å². The van der Waals surface area contributed by atoms with Gasteiger partial charge in [0.15, 0.2) is 5.82 Å². The number of rotatable bonds is 4. The largest absolute Gasteiger partial charge is 0.228 e. The number of hydrogen-bond donors (Lipinski definition) is 0. The van der Waals surface area contributed by atoms with Crippen LogP contribution in [0.25, 0.3) is 56.2 Å². The second-order valence-electron chi connectivity index (χ2n) is 14.9. The first kappa shape index (κ1) is 31.8. The standard InChI is InChI=1S/C51H35N3/c1-50(2)43-24-10-11-25-44(43)51(41-22-8-6-20-39(41)40-21-7-9-23-42(40)51)45-27-26-38(30-46(45)50)49-53-47(34-15-4-3-5-16-34)31-48(54-49)37-19-13-18-36(29-37)35-17-12-14-33(28-35)32-52/h3-31H,1-2H3. The normalized spacial score (nSPS) is 14.0. The molecule has 10 rings (SSSR count). The summed E-state index contributed by atoms with van der Waals surface area (Å²) in [6.45, 7) is 4.71. The van der Waals surface area contributed by atoms with Crippen LogP contribution in [0.3, 0.4) is 0 Å². The van der Waals surface area contributed by atoms with E-state index in [-0.39, 0.29) is 5.41 Å². The zero-order valence-corrected chi connectivity index (χ0v) is 30.1. The van der Waals surface area contributed by atoms with Gasteiger partial charge in [0.25, 0.3) is 0 Å². The van der Waals surface area contributed by atoms with Gasteiger partial charge in [-0.2, -0.15) is 5.26 Å². The van der Waals surface area contributed by atoms with Crippen LogP contribution in [-0.4, -0.2) is 9.97 Å². The molecule has 0 saturated heterocycles. The minimum absolute atomic E-state index is 0.286. The lowest BCUT2D eigenvalue weighted by Gasteiger charge is -2.46. The van der Waals surface area contributed by atoms with E-state index in [1.54, 1.807) is 0 Å². The summed E-state index contributed by atoms with van der Waals surface area (Å²) in [5, 5.41) is 9.55. The summed E-state index contributed by atoms with van der Waals surface area (Å²) in [6, 6.07) is 64.7. The topological polar surface area (TPSA) is 49.6 Å². The van der Waals surface area contributed by atoms with Gasteiger partial charge in [-0.3, -0.25) is 0 Å². The molecule has 54 heavy (non-hydrogen) atoms. The van der Waals surface area contributed by atoms with Gasteiger partial charge in [0.2, 0.25) is 0 Å². The molecule has 0 bridgehead atoms. The van der Waals surface area contributed by atoms with Crippen LogP contribution in [0, 0.1) is 11.3 Å². The van der Waals surface area contributed by atoms with Gasteiger partial charge in [0, 0.05) is 22.1 Å². The Balaban J connectivity index is 1.20. The van der Waals surface area contributed by atoms with Gasteiger partial charge < -0.3 is 0 Å². The van der Waals surface area contributed by atoms with Gasteiger partial charge in [-0.1, -0.05) is 159 Å². The van der Waals surface area contributed by atoms with Crippen LogP contribution < -0.4 is 0 Å². The van der Waals surface area contributed by atoms with E-state index in [4.69, 9.17) is 9.97 Å². The molecule has 7 aromatic carbocycles. The van der Waals surface area contributed by atoms with Crippen molar-refractivity contribution in [2.24, 2.45) is 0 Å². The monoisotopic (exact) mass is 689 g/mol. The highest BCUT2D eigenvalue weighted by Gasteiger charge is 2.53. The smallest absolute Gasteiger partial charge is 0.160 e. The molecular formula is C51H35N3. The maximum Gasteiger partial charge on any atom is 0.160 e. The molecule has 1 spiro atoms. The number of aromatic nitrogens is 2. The van der Waals surface area contributed by atoms with Gasteiger partial charge in [-0.05, 0) is 86.0 Å². The van der Waals surface area contributed by atoms with E-state index >= 15 is 0 Å². The number of benzene rings is 7. The summed E-state index contributed by atoms with van der Waals surface area (Å²) in [7, 11) is 0. The van der Waals surface area contributed by atoms with Crippen LogP contribution >= 0.6 is 0 Å². The third kappa shape index (κ3) is 4.67. The molecule has 0 amide bonds. The van der Waals surface area contributed by atoms with Gasteiger partial charge in [-0.15, -0.1) is 0 Å². The second kappa shape index (κ2) is 12.1. The highest BCUT2D eigenvalue weighted by atomic mass is 14.9. The van der Waals surface area contributed by atoms with Gasteiger partial charge in [0.05, 0.1) is 28.4 Å². The summed E-state index contributed by atoms with van der Waals surface area (Å²) >= 11 is 0. The van der Waals surface area contributed by atoms with E-state index in [1.807, 2.05) is 30.3 Å². The summed E-state index contributed by atoms with van der Waals surface area (Å²) in [5.41, 5.74) is 17.1. The minimum atomic E-state index is -0.450. The molecule has 0 fully saturated rings. The van der Waals surface area contributed by atoms with Crippen molar-refractivity contribution in [2.75, 3.05) is 0 Å². The predicted octanol–water partition coefficient (Wildman–Crippen LogP) is 12.0. The van der Waals surface area contributed by atoms with Crippen LogP contribution in [0.15, 0.2) is 176 Å². The summed E-state index contributed by atoms with van der Waals surface area (Å²) in [5.74, 6) is 0.682. The summed E-state index contributed by atoms with van der Waals surface area (Å²) < 4.78 is 0. The van der Waals surface area contributed by atoms with E-state index in [0.717, 1.165) is 39.2 Å². The molecule has 1 aromatic heterocycles. The van der Waals surface area contributed by atoms with E-state index < -0.39 is 5.41 Å². The molecule has 0 unspecified atom stereocenters. The van der Waals surface area contributed by atoms with Crippen LogP contribution in [0.1, 0.15) is 52.8 Å². The highest BCUT2D eigenvalue weighted by molar-refractivity contribution is 5.89. The van der Waals surface area contributed by atoms with E-state index in [2.05, 4.69) is 166 Å². The first-order valence-electron chi connectivity index (χ1n) is 18.5. The van der Waals surface area contributed by atoms with Gasteiger partial charge in [-0.25, -0.2) is 9.97 Å². The first-order chi connectivity index (χ1) is 26.5. The number of hydrogen-bond acceptors (Lipinski definition) is 3. The maximum atomic E-state index is 9.55. The van der Waals surface area contributed by atoms with Crippen molar-refractivity contribution in [3.8, 4) is 62.2 Å². The zero-order valence-electron chi connectivity index (χ0n) is 30.1. The van der Waals surface area contributed by atoms with E-state index in [1.165, 1.54) is 44.5 Å². The molecule has 0 atom stereocenters. The maximum absolute atomic E-state index is 9.55. The highest BCUT2D eigenvalue weighted by Crippen LogP contribution is 2.62. The van der Waals surface area contributed by atoms with Crippen LogP contribution in [-0.2, 0) is 10.8 Å². The van der Waals surface area contributed by atoms with Crippen molar-refractivity contribution >= 4 is 0 Å². The van der Waals surface area contributed by atoms with Crippen molar-refractivity contribution in [1.82, 2.24) is 9.97 Å². The van der Waals surface area contributed by atoms with Gasteiger partial charge >= 0.3 is 0 Å². The third-order valence-corrected chi connectivity index (χ3v) is 11.6. The van der Waals surface area contributed by atoms with Crippen LogP contribution in [0.2, 0.25) is 0 Å². The molecule has 0 N–H and O–H groups in total.